The minimum Gasteiger partial charge on any atom is -0.325 e. The predicted molar refractivity (Wildman–Crippen MR) is 148 cm³/mol. The van der Waals surface area contributed by atoms with E-state index in [9.17, 15) is 18.8 Å². The summed E-state index contributed by atoms with van der Waals surface area (Å²) in [5.41, 5.74) is 0.986. The zero-order chi connectivity index (χ0) is 27.3. The van der Waals surface area contributed by atoms with Crippen molar-refractivity contribution in [2.24, 2.45) is 14.1 Å². The van der Waals surface area contributed by atoms with Gasteiger partial charge in [-0.2, -0.15) is 0 Å². The van der Waals surface area contributed by atoms with Crippen LogP contribution in [0.5, 0.6) is 0 Å². The van der Waals surface area contributed by atoms with E-state index in [-0.39, 0.29) is 29.5 Å². The highest BCUT2D eigenvalue weighted by Crippen LogP contribution is 2.26. The molecule has 0 atom stereocenters. The maximum absolute atomic E-state index is 13.5. The van der Waals surface area contributed by atoms with Crippen molar-refractivity contribution in [2.45, 2.75) is 11.7 Å². The monoisotopic (exact) mass is 543 g/mol. The highest BCUT2D eigenvalue weighted by Gasteiger charge is 2.24. The number of carbonyl (C=O) groups is 1. The lowest BCUT2D eigenvalue weighted by Crippen LogP contribution is -2.37. The maximum atomic E-state index is 13.5. The Morgan fingerprint density at radius 3 is 2.49 bits per heavy atom. The number of nitrogens with one attached hydrogen (secondary N) is 1. The van der Waals surface area contributed by atoms with E-state index in [0.29, 0.717) is 22.3 Å². The van der Waals surface area contributed by atoms with Crippen molar-refractivity contribution in [3.63, 3.8) is 0 Å². The lowest BCUT2D eigenvalue weighted by molar-refractivity contribution is -0.113. The quantitative estimate of drug-likeness (QED) is 0.324. The average molecular weight is 544 g/mol. The lowest BCUT2D eigenvalue weighted by atomic mass is 10.1. The second-order valence-corrected chi connectivity index (χ2v) is 10.0. The fourth-order valence-corrected chi connectivity index (χ4v) is 5.42. The first kappa shape index (κ1) is 24.6. The number of thioether (sulfide) groups is 1. The minimum absolute atomic E-state index is 0.0213. The van der Waals surface area contributed by atoms with Crippen LogP contribution in [0.1, 0.15) is 5.56 Å². The summed E-state index contributed by atoms with van der Waals surface area (Å²) in [5, 5.41) is 13.8. The molecule has 3 aromatic heterocycles. The molecule has 6 aromatic rings. The number of rotatable bonds is 6. The molecule has 10 nitrogen and oxygen atoms in total. The largest absolute Gasteiger partial charge is 0.332 e. The molecule has 0 unspecified atom stereocenters. The van der Waals surface area contributed by atoms with Gasteiger partial charge in [-0.25, -0.2) is 13.6 Å². The van der Waals surface area contributed by atoms with Gasteiger partial charge in [0, 0.05) is 25.2 Å². The van der Waals surface area contributed by atoms with Gasteiger partial charge in [0.1, 0.15) is 5.82 Å². The zero-order valence-corrected chi connectivity index (χ0v) is 21.8. The van der Waals surface area contributed by atoms with E-state index in [1.54, 1.807) is 28.1 Å². The van der Waals surface area contributed by atoms with Gasteiger partial charge in [-0.3, -0.25) is 23.3 Å². The van der Waals surface area contributed by atoms with Gasteiger partial charge in [0.2, 0.25) is 11.7 Å². The van der Waals surface area contributed by atoms with Gasteiger partial charge < -0.3 is 5.32 Å². The fraction of sp³-hybridized carbons (Fsp3) is 0.148. The fourth-order valence-electron chi connectivity index (χ4n) is 4.70. The van der Waals surface area contributed by atoms with E-state index < -0.39 is 11.2 Å². The number of aryl methyl sites for hydroxylation is 1. The first-order valence-corrected chi connectivity index (χ1v) is 13.0. The molecule has 0 aliphatic rings. The molecule has 3 heterocycles. The second kappa shape index (κ2) is 9.55. The average Bonchev–Trinajstić information content (AvgIpc) is 3.49. The molecule has 3 aromatic carbocycles. The van der Waals surface area contributed by atoms with Crippen LogP contribution in [0.25, 0.3) is 27.7 Å². The van der Waals surface area contributed by atoms with E-state index in [0.717, 1.165) is 32.7 Å². The summed E-state index contributed by atoms with van der Waals surface area (Å²) >= 11 is 1.14. The molecule has 196 valence electrons. The molecule has 1 N–H and O–H groups in total. The van der Waals surface area contributed by atoms with Gasteiger partial charge in [0.15, 0.2) is 16.3 Å². The topological polar surface area (TPSA) is 108 Å². The third kappa shape index (κ3) is 4.18. The summed E-state index contributed by atoms with van der Waals surface area (Å²) in [6, 6.07) is 19.4. The number of halogens is 1. The van der Waals surface area contributed by atoms with Crippen molar-refractivity contribution in [1.82, 2.24) is 28.3 Å². The van der Waals surface area contributed by atoms with Crippen LogP contribution in [-0.4, -0.2) is 40.0 Å². The number of benzene rings is 3. The normalized spacial score (nSPS) is 11.6. The van der Waals surface area contributed by atoms with E-state index in [1.165, 1.54) is 23.7 Å². The first-order valence-electron chi connectivity index (χ1n) is 12.0. The van der Waals surface area contributed by atoms with Crippen LogP contribution >= 0.6 is 11.8 Å². The number of carbonyl (C=O) groups excluding carboxylic acids is 1. The molecule has 0 saturated heterocycles. The van der Waals surface area contributed by atoms with Crippen molar-refractivity contribution in [1.29, 1.82) is 0 Å². The number of hydrogen-bond acceptors (Lipinski definition) is 6. The smallest absolute Gasteiger partial charge is 0.325 e. The molecule has 0 fully saturated rings. The molecular formula is C27H22FN7O3S. The second-order valence-electron chi connectivity index (χ2n) is 9.07. The Hall–Kier alpha value is -4.71. The molecule has 0 spiro atoms. The van der Waals surface area contributed by atoms with Gasteiger partial charge >= 0.3 is 5.69 Å². The molecular weight excluding hydrogens is 521 g/mol. The molecule has 0 aliphatic heterocycles. The predicted octanol–water partition coefficient (Wildman–Crippen LogP) is 3.15. The number of aromatic nitrogens is 6. The van der Waals surface area contributed by atoms with Crippen LogP contribution in [0, 0.1) is 5.82 Å². The Morgan fingerprint density at radius 1 is 0.949 bits per heavy atom. The molecule has 6 rings (SSSR count). The summed E-state index contributed by atoms with van der Waals surface area (Å²) in [6.45, 7) is 0.199. The Labute approximate surface area is 224 Å². The number of imidazole rings is 1. The highest BCUT2D eigenvalue weighted by molar-refractivity contribution is 7.99. The van der Waals surface area contributed by atoms with Crippen LogP contribution in [-0.2, 0) is 25.4 Å². The van der Waals surface area contributed by atoms with E-state index >= 15 is 0 Å². The molecule has 0 bridgehead atoms. The lowest BCUT2D eigenvalue weighted by Gasteiger charge is -2.09. The molecule has 39 heavy (non-hydrogen) atoms. The summed E-state index contributed by atoms with van der Waals surface area (Å²) in [4.78, 5) is 39.0. The van der Waals surface area contributed by atoms with Gasteiger partial charge in [-0.05, 0) is 29.1 Å². The third-order valence-corrected chi connectivity index (χ3v) is 7.53. The van der Waals surface area contributed by atoms with Crippen molar-refractivity contribution < 1.29 is 9.18 Å². The highest BCUT2D eigenvalue weighted by atomic mass is 32.2. The van der Waals surface area contributed by atoms with Crippen LogP contribution < -0.4 is 16.6 Å². The molecule has 0 saturated carbocycles. The first-order chi connectivity index (χ1) is 18.8. The van der Waals surface area contributed by atoms with Crippen molar-refractivity contribution in [2.75, 3.05) is 11.1 Å². The van der Waals surface area contributed by atoms with Crippen molar-refractivity contribution in [3.05, 3.63) is 98.9 Å². The van der Waals surface area contributed by atoms with E-state index in [4.69, 9.17) is 0 Å². The van der Waals surface area contributed by atoms with Gasteiger partial charge in [-0.1, -0.05) is 60.3 Å². The third-order valence-electron chi connectivity index (χ3n) is 6.60. The van der Waals surface area contributed by atoms with Gasteiger partial charge in [-0.15, -0.1) is 10.2 Å². The Kier molecular flexibility index (Phi) is 6.03. The summed E-state index contributed by atoms with van der Waals surface area (Å²) in [7, 11) is 2.97. The summed E-state index contributed by atoms with van der Waals surface area (Å²) in [5.74, 6) is -0.270. The number of anilines is 1. The summed E-state index contributed by atoms with van der Waals surface area (Å²) in [6.07, 6.45) is 0. The number of amides is 1. The van der Waals surface area contributed by atoms with Gasteiger partial charge in [0.25, 0.3) is 5.56 Å². The minimum atomic E-state index is -0.508. The SMILES string of the molecule is Cn1c(=O)c2c(n(C)c1=O)n1c(SCC(=O)Nc3cccc4ccccc34)nnc1n2Cc1ccc(F)cc1. The van der Waals surface area contributed by atoms with Crippen LogP contribution in [0.2, 0.25) is 0 Å². The number of nitrogens with zero attached hydrogens (tertiary/aromatic N) is 6. The molecule has 12 heteroatoms. The zero-order valence-electron chi connectivity index (χ0n) is 21.0. The summed E-state index contributed by atoms with van der Waals surface area (Å²) < 4.78 is 19.1. The standard InChI is InChI=1S/C27H22FN7O3S/c1-32-23-22(24(37)33(2)27(32)38)34(14-16-10-12-18(28)13-11-16)25-30-31-26(35(23)25)39-15-21(36)29-20-9-5-7-17-6-3-4-8-19(17)20/h3-13H,14-15H2,1-2H3,(H,29,36). The number of fused-ring (bicyclic) bond motifs is 4. The Balaban J connectivity index is 1.39. The molecule has 0 aliphatic carbocycles. The van der Waals surface area contributed by atoms with Crippen LogP contribution in [0.4, 0.5) is 10.1 Å². The molecule has 0 radical (unpaired) electrons. The number of hydrogen-bond donors (Lipinski definition) is 1. The van der Waals surface area contributed by atoms with Gasteiger partial charge in [0.05, 0.1) is 12.3 Å². The van der Waals surface area contributed by atoms with Crippen LogP contribution in [0.3, 0.4) is 0 Å². The van der Waals surface area contributed by atoms with E-state index in [2.05, 4.69) is 15.5 Å². The van der Waals surface area contributed by atoms with Crippen molar-refractivity contribution >= 4 is 51.1 Å². The van der Waals surface area contributed by atoms with Crippen LogP contribution in [0.15, 0.2) is 81.5 Å². The van der Waals surface area contributed by atoms with Crippen molar-refractivity contribution in [3.8, 4) is 0 Å². The maximum Gasteiger partial charge on any atom is 0.332 e. The molecule has 1 amide bonds. The van der Waals surface area contributed by atoms with E-state index in [1.807, 2.05) is 42.5 Å². The Bertz CT molecular complexity index is 2020. The Morgan fingerprint density at radius 2 is 1.69 bits per heavy atom.